The topological polar surface area (TPSA) is 46.4 Å². The van der Waals surface area contributed by atoms with Crippen molar-refractivity contribution in [1.82, 2.24) is 4.31 Å². The van der Waals surface area contributed by atoms with Crippen molar-refractivity contribution in [1.29, 1.82) is 0 Å². The van der Waals surface area contributed by atoms with Gasteiger partial charge in [0.05, 0.1) is 17.9 Å². The Hall–Kier alpha value is -1.21. The third kappa shape index (κ3) is 3.28. The fraction of sp³-hybridized carbons (Fsp3) is 0.647. The maximum absolute atomic E-state index is 13.3. The molecule has 1 spiro atoms. The van der Waals surface area contributed by atoms with E-state index in [9.17, 15) is 17.2 Å². The highest BCUT2D eigenvalue weighted by Crippen LogP contribution is 2.50. The van der Waals surface area contributed by atoms with Crippen LogP contribution in [-0.2, 0) is 10.0 Å². The molecule has 1 aromatic carbocycles. The van der Waals surface area contributed by atoms with Crippen molar-refractivity contribution >= 4 is 10.0 Å². The van der Waals surface area contributed by atoms with Gasteiger partial charge in [-0.05, 0) is 31.4 Å². The van der Waals surface area contributed by atoms with Crippen LogP contribution in [0.1, 0.15) is 39.0 Å². The van der Waals surface area contributed by atoms with E-state index in [1.165, 1.54) is 6.07 Å². The van der Waals surface area contributed by atoms with Gasteiger partial charge in [0.1, 0.15) is 5.75 Å². The zero-order valence-electron chi connectivity index (χ0n) is 13.8. The molecule has 1 aliphatic carbocycles. The van der Waals surface area contributed by atoms with Crippen molar-refractivity contribution < 1.29 is 21.9 Å². The lowest BCUT2D eigenvalue weighted by Crippen LogP contribution is -2.38. The van der Waals surface area contributed by atoms with Crippen LogP contribution in [-0.4, -0.2) is 37.2 Å². The summed E-state index contributed by atoms with van der Waals surface area (Å²) in [6.07, 6.45) is 4.39. The van der Waals surface area contributed by atoms with Gasteiger partial charge in [0.15, 0.2) is 11.6 Å². The molecule has 3 atom stereocenters. The van der Waals surface area contributed by atoms with E-state index in [2.05, 4.69) is 0 Å². The largest absolute Gasteiger partial charge is 0.493 e. The molecule has 1 saturated carbocycles. The van der Waals surface area contributed by atoms with Crippen molar-refractivity contribution in [3.63, 3.8) is 0 Å². The number of benzene rings is 1. The molecule has 0 radical (unpaired) electrons. The number of ether oxygens (including phenoxy) is 1. The SMILES string of the molecule is CCCS(=O)(=O)N1C[C@]12CCCC[C@@H]2COc1ccc(F)c(F)c1. The lowest BCUT2D eigenvalue weighted by atomic mass is 9.79. The molecule has 2 fully saturated rings. The molecule has 134 valence electrons. The van der Waals surface area contributed by atoms with Crippen LogP contribution in [0.4, 0.5) is 8.78 Å². The van der Waals surface area contributed by atoms with Crippen LogP contribution in [0.25, 0.3) is 0 Å². The molecule has 0 aromatic heterocycles. The van der Waals surface area contributed by atoms with Gasteiger partial charge in [-0.25, -0.2) is 17.2 Å². The molecule has 7 heteroatoms. The second-order valence-electron chi connectivity index (χ2n) is 6.76. The Morgan fingerprint density at radius 2 is 2.08 bits per heavy atom. The molecule has 0 bridgehead atoms. The minimum absolute atomic E-state index is 0.0889. The summed E-state index contributed by atoms with van der Waals surface area (Å²) in [6.45, 7) is 2.74. The average Bonchev–Trinajstić information content (AvgIpc) is 3.26. The van der Waals surface area contributed by atoms with Crippen molar-refractivity contribution in [2.75, 3.05) is 18.9 Å². The fourth-order valence-electron chi connectivity index (χ4n) is 3.79. The van der Waals surface area contributed by atoms with Crippen molar-refractivity contribution in [3.05, 3.63) is 29.8 Å². The standard InChI is InChI=1S/C17H23F2NO3S/c1-2-9-24(21,22)20-12-17(20)8-4-3-5-13(17)11-23-14-6-7-15(18)16(19)10-14/h6-7,10,13H,2-5,8-9,11-12H2,1H3/t13-,17+,20?/m1/s1. The molecule has 3 rings (SSSR count). The lowest BCUT2D eigenvalue weighted by Gasteiger charge is -2.32. The van der Waals surface area contributed by atoms with Crippen LogP contribution in [0.3, 0.4) is 0 Å². The van der Waals surface area contributed by atoms with E-state index in [0.29, 0.717) is 19.6 Å². The molecule has 24 heavy (non-hydrogen) atoms. The van der Waals surface area contributed by atoms with Gasteiger partial charge in [0, 0.05) is 18.5 Å². The summed E-state index contributed by atoms with van der Waals surface area (Å²) in [7, 11) is -3.21. The lowest BCUT2D eigenvalue weighted by molar-refractivity contribution is 0.158. The Bertz CT molecular complexity index is 710. The summed E-state index contributed by atoms with van der Waals surface area (Å²) >= 11 is 0. The number of nitrogens with zero attached hydrogens (tertiary/aromatic N) is 1. The summed E-state index contributed by atoms with van der Waals surface area (Å²) in [5.41, 5.74) is -0.329. The van der Waals surface area contributed by atoms with E-state index in [1.54, 1.807) is 4.31 Å². The van der Waals surface area contributed by atoms with E-state index in [0.717, 1.165) is 37.8 Å². The molecule has 4 nitrogen and oxygen atoms in total. The highest BCUT2D eigenvalue weighted by Gasteiger charge is 2.62. The first kappa shape index (κ1) is 17.6. The summed E-state index contributed by atoms with van der Waals surface area (Å²) in [5, 5.41) is 0. The number of hydrogen-bond donors (Lipinski definition) is 0. The number of hydrogen-bond acceptors (Lipinski definition) is 3. The van der Waals surface area contributed by atoms with E-state index in [4.69, 9.17) is 4.74 Å². The van der Waals surface area contributed by atoms with Crippen LogP contribution < -0.4 is 4.74 Å². The first-order valence-corrected chi connectivity index (χ1v) is 10.1. The second-order valence-corrected chi connectivity index (χ2v) is 8.77. The first-order valence-electron chi connectivity index (χ1n) is 8.47. The molecular weight excluding hydrogens is 336 g/mol. The van der Waals surface area contributed by atoms with E-state index in [1.807, 2.05) is 6.92 Å². The van der Waals surface area contributed by atoms with Gasteiger partial charge in [-0.2, -0.15) is 4.31 Å². The molecule has 1 unspecified atom stereocenters. The van der Waals surface area contributed by atoms with Gasteiger partial charge in [-0.1, -0.05) is 19.8 Å². The van der Waals surface area contributed by atoms with E-state index in [-0.39, 0.29) is 23.0 Å². The van der Waals surface area contributed by atoms with Gasteiger partial charge in [-0.15, -0.1) is 0 Å². The monoisotopic (exact) mass is 359 g/mol. The highest BCUT2D eigenvalue weighted by molar-refractivity contribution is 7.89. The summed E-state index contributed by atoms with van der Waals surface area (Å²) in [4.78, 5) is 0. The normalized spacial score (nSPS) is 29.6. The van der Waals surface area contributed by atoms with Gasteiger partial charge in [-0.3, -0.25) is 0 Å². The van der Waals surface area contributed by atoms with Crippen LogP contribution in [0.5, 0.6) is 5.75 Å². The Kier molecular flexibility index (Phi) is 4.84. The van der Waals surface area contributed by atoms with Gasteiger partial charge in [0.25, 0.3) is 0 Å². The van der Waals surface area contributed by atoms with Crippen LogP contribution in [0.2, 0.25) is 0 Å². The molecule has 0 amide bonds. The van der Waals surface area contributed by atoms with Crippen LogP contribution in [0, 0.1) is 17.6 Å². The second kappa shape index (κ2) is 6.59. The number of sulfonamides is 1. The Morgan fingerprint density at radius 3 is 2.79 bits per heavy atom. The quantitative estimate of drug-likeness (QED) is 0.732. The number of halogens is 2. The predicted molar refractivity (Wildman–Crippen MR) is 87.3 cm³/mol. The number of rotatable bonds is 6. The zero-order chi connectivity index (χ0) is 17.4. The first-order chi connectivity index (χ1) is 11.4. The minimum atomic E-state index is -3.21. The van der Waals surface area contributed by atoms with Gasteiger partial charge < -0.3 is 4.74 Å². The molecule has 1 heterocycles. The maximum atomic E-state index is 13.3. The summed E-state index contributed by atoms with van der Waals surface area (Å²) < 4.78 is 58.2. The van der Waals surface area contributed by atoms with Crippen molar-refractivity contribution in [2.24, 2.45) is 5.92 Å². The zero-order valence-corrected chi connectivity index (χ0v) is 14.6. The molecule has 1 aliphatic heterocycles. The third-order valence-corrected chi connectivity index (χ3v) is 7.21. The Morgan fingerprint density at radius 1 is 1.29 bits per heavy atom. The predicted octanol–water partition coefficient (Wildman–Crippen LogP) is 3.33. The smallest absolute Gasteiger partial charge is 0.214 e. The molecule has 1 aromatic rings. The maximum Gasteiger partial charge on any atom is 0.214 e. The fourth-order valence-corrected chi connectivity index (χ4v) is 5.74. The summed E-state index contributed by atoms with van der Waals surface area (Å²) in [5.74, 6) is -1.31. The van der Waals surface area contributed by atoms with Gasteiger partial charge in [0.2, 0.25) is 10.0 Å². The molecule has 1 saturated heterocycles. The average molecular weight is 359 g/mol. The van der Waals surface area contributed by atoms with Crippen molar-refractivity contribution in [2.45, 2.75) is 44.6 Å². The highest BCUT2D eigenvalue weighted by atomic mass is 32.2. The van der Waals surface area contributed by atoms with E-state index < -0.39 is 21.7 Å². The Labute approximate surface area is 141 Å². The van der Waals surface area contributed by atoms with Crippen molar-refractivity contribution in [3.8, 4) is 5.75 Å². The van der Waals surface area contributed by atoms with E-state index >= 15 is 0 Å². The molecular formula is C17H23F2NO3S. The minimum Gasteiger partial charge on any atom is -0.493 e. The molecule has 2 aliphatic rings. The van der Waals surface area contributed by atoms with Crippen LogP contribution >= 0.6 is 0 Å². The molecule has 0 N–H and O–H groups in total. The van der Waals surface area contributed by atoms with Crippen LogP contribution in [0.15, 0.2) is 18.2 Å². The Balaban J connectivity index is 1.69. The van der Waals surface area contributed by atoms with Gasteiger partial charge >= 0.3 is 0 Å². The third-order valence-electron chi connectivity index (χ3n) is 5.12. The summed E-state index contributed by atoms with van der Waals surface area (Å²) in [6, 6.07) is 3.46.